The molecule has 29 heavy (non-hydrogen) atoms. The Morgan fingerprint density at radius 1 is 1.24 bits per heavy atom. The first-order valence-corrected chi connectivity index (χ1v) is 10.1. The second kappa shape index (κ2) is 10.2. The zero-order valence-corrected chi connectivity index (χ0v) is 17.3. The largest absolute Gasteiger partial charge is 0.494 e. The summed E-state index contributed by atoms with van der Waals surface area (Å²) in [5, 5.41) is 16.3. The molecule has 2 N–H and O–H groups in total. The monoisotopic (exact) mass is 399 g/mol. The fourth-order valence-corrected chi connectivity index (χ4v) is 3.32. The maximum atomic E-state index is 8.88. The van der Waals surface area contributed by atoms with Crippen molar-refractivity contribution >= 4 is 0 Å². The molecule has 7 heteroatoms. The molecule has 3 rings (SSSR count). The topological polar surface area (TPSA) is 89.6 Å². The van der Waals surface area contributed by atoms with Crippen LogP contribution in [0.2, 0.25) is 0 Å². The standard InChI is InChI=1S/C22H29N3O4/c1-4-27-19-9-7-17(13-20(19)28-5-2)22-24-21(25-29-22)18-8-6-16(12-15(18)3)14-23-10-11-26/h6-9,12,17,23,26H,4-5,10-11,13-14H2,1-3H3. The van der Waals surface area contributed by atoms with Crippen molar-refractivity contribution in [2.24, 2.45) is 0 Å². The van der Waals surface area contributed by atoms with Crippen LogP contribution < -0.4 is 5.32 Å². The van der Waals surface area contributed by atoms with Gasteiger partial charge in [0, 0.05) is 25.1 Å². The van der Waals surface area contributed by atoms with Gasteiger partial charge in [0.25, 0.3) is 0 Å². The van der Waals surface area contributed by atoms with Crippen LogP contribution in [-0.4, -0.2) is 41.6 Å². The Balaban J connectivity index is 1.73. The summed E-state index contributed by atoms with van der Waals surface area (Å²) in [4.78, 5) is 4.64. The van der Waals surface area contributed by atoms with Gasteiger partial charge in [-0.25, -0.2) is 0 Å². The summed E-state index contributed by atoms with van der Waals surface area (Å²) in [5.41, 5.74) is 3.17. The lowest BCUT2D eigenvalue weighted by Crippen LogP contribution is -2.17. The van der Waals surface area contributed by atoms with E-state index >= 15 is 0 Å². The number of aliphatic hydroxyl groups excluding tert-OH is 1. The Morgan fingerprint density at radius 2 is 2.07 bits per heavy atom. The van der Waals surface area contributed by atoms with E-state index in [-0.39, 0.29) is 12.5 Å². The summed E-state index contributed by atoms with van der Waals surface area (Å²) >= 11 is 0. The number of nitrogens with one attached hydrogen (secondary N) is 1. The number of ether oxygens (including phenoxy) is 2. The van der Waals surface area contributed by atoms with Crippen molar-refractivity contribution in [3.05, 3.63) is 58.9 Å². The third-order valence-electron chi connectivity index (χ3n) is 4.69. The van der Waals surface area contributed by atoms with Gasteiger partial charge in [-0.05, 0) is 38.0 Å². The number of hydrogen-bond acceptors (Lipinski definition) is 7. The van der Waals surface area contributed by atoms with E-state index in [2.05, 4.69) is 21.5 Å². The first-order chi connectivity index (χ1) is 14.2. The zero-order valence-electron chi connectivity index (χ0n) is 17.3. The molecule has 1 atom stereocenters. The van der Waals surface area contributed by atoms with Crippen molar-refractivity contribution in [1.29, 1.82) is 0 Å². The van der Waals surface area contributed by atoms with Gasteiger partial charge in [0.2, 0.25) is 11.7 Å². The highest BCUT2D eigenvalue weighted by atomic mass is 16.5. The van der Waals surface area contributed by atoms with Crippen molar-refractivity contribution in [2.45, 2.75) is 39.7 Å². The van der Waals surface area contributed by atoms with E-state index in [1.54, 1.807) is 0 Å². The van der Waals surface area contributed by atoms with Gasteiger partial charge in [-0.3, -0.25) is 0 Å². The van der Waals surface area contributed by atoms with E-state index in [1.165, 1.54) is 0 Å². The molecule has 0 saturated carbocycles. The van der Waals surface area contributed by atoms with Crippen LogP contribution in [-0.2, 0) is 16.0 Å². The molecule has 1 unspecified atom stereocenters. The lowest BCUT2D eigenvalue weighted by Gasteiger charge is -2.20. The second-order valence-electron chi connectivity index (χ2n) is 6.83. The number of aliphatic hydroxyl groups is 1. The highest BCUT2D eigenvalue weighted by Crippen LogP contribution is 2.33. The lowest BCUT2D eigenvalue weighted by molar-refractivity contribution is 0.161. The van der Waals surface area contributed by atoms with Gasteiger partial charge in [0.15, 0.2) is 5.76 Å². The van der Waals surface area contributed by atoms with Crippen LogP contribution in [0.25, 0.3) is 11.4 Å². The number of aromatic nitrogens is 2. The zero-order chi connectivity index (χ0) is 20.6. The van der Waals surface area contributed by atoms with Crippen molar-refractivity contribution < 1.29 is 19.1 Å². The molecule has 1 heterocycles. The molecule has 0 aliphatic heterocycles. The molecule has 2 aromatic rings. The third-order valence-corrected chi connectivity index (χ3v) is 4.69. The maximum Gasteiger partial charge on any atom is 0.234 e. The Morgan fingerprint density at radius 3 is 2.79 bits per heavy atom. The van der Waals surface area contributed by atoms with Crippen molar-refractivity contribution in [3.63, 3.8) is 0 Å². The number of nitrogens with zero attached hydrogens (tertiary/aromatic N) is 2. The Labute approximate surface area is 171 Å². The van der Waals surface area contributed by atoms with Gasteiger partial charge in [0.1, 0.15) is 5.76 Å². The average Bonchev–Trinajstić information content (AvgIpc) is 3.20. The average molecular weight is 399 g/mol. The molecule has 156 valence electrons. The molecule has 1 aliphatic rings. The van der Waals surface area contributed by atoms with E-state index in [0.29, 0.717) is 44.4 Å². The molecule has 7 nitrogen and oxygen atoms in total. The molecule has 1 aromatic heterocycles. The molecule has 0 saturated heterocycles. The van der Waals surface area contributed by atoms with E-state index in [0.717, 1.165) is 28.2 Å². The fraction of sp³-hybridized carbons (Fsp3) is 0.455. The number of allylic oxidation sites excluding steroid dienone is 3. The minimum absolute atomic E-state index is 0.0377. The van der Waals surface area contributed by atoms with E-state index < -0.39 is 0 Å². The summed E-state index contributed by atoms with van der Waals surface area (Å²) in [7, 11) is 0. The van der Waals surface area contributed by atoms with Crippen LogP contribution in [0.1, 0.15) is 43.2 Å². The SMILES string of the molecule is CCOC1=C(OCC)CC(c2nc(-c3ccc(CNCCO)cc3C)no2)C=C1. The van der Waals surface area contributed by atoms with Gasteiger partial charge < -0.3 is 24.4 Å². The van der Waals surface area contributed by atoms with Gasteiger partial charge in [-0.2, -0.15) is 4.98 Å². The molecule has 0 radical (unpaired) electrons. The van der Waals surface area contributed by atoms with Crippen LogP contribution >= 0.6 is 0 Å². The minimum atomic E-state index is -0.0377. The highest BCUT2D eigenvalue weighted by molar-refractivity contribution is 5.60. The van der Waals surface area contributed by atoms with E-state index in [4.69, 9.17) is 19.1 Å². The second-order valence-corrected chi connectivity index (χ2v) is 6.83. The highest BCUT2D eigenvalue weighted by Gasteiger charge is 2.25. The number of hydrogen-bond donors (Lipinski definition) is 2. The first kappa shape index (κ1) is 21.1. The minimum Gasteiger partial charge on any atom is -0.494 e. The Kier molecular flexibility index (Phi) is 7.43. The summed E-state index contributed by atoms with van der Waals surface area (Å²) in [6.45, 7) is 8.54. The molecule has 0 amide bonds. The van der Waals surface area contributed by atoms with Gasteiger partial charge in [0.05, 0.1) is 25.7 Å². The summed E-state index contributed by atoms with van der Waals surface area (Å²) in [6, 6.07) is 6.14. The molecule has 0 fully saturated rings. The normalized spacial score (nSPS) is 16.3. The summed E-state index contributed by atoms with van der Waals surface area (Å²) < 4.78 is 17.0. The Hall–Kier alpha value is -2.64. The van der Waals surface area contributed by atoms with Crippen LogP contribution in [0.3, 0.4) is 0 Å². The third kappa shape index (κ3) is 5.25. The van der Waals surface area contributed by atoms with E-state index in [1.807, 2.05) is 45.1 Å². The molecular weight excluding hydrogens is 370 g/mol. The lowest BCUT2D eigenvalue weighted by atomic mass is 9.98. The van der Waals surface area contributed by atoms with Gasteiger partial charge >= 0.3 is 0 Å². The summed E-state index contributed by atoms with van der Waals surface area (Å²) in [5.74, 6) is 2.70. The number of benzene rings is 1. The van der Waals surface area contributed by atoms with Crippen LogP contribution in [0.4, 0.5) is 0 Å². The molecule has 0 bridgehead atoms. The van der Waals surface area contributed by atoms with Crippen LogP contribution in [0.5, 0.6) is 0 Å². The van der Waals surface area contributed by atoms with Crippen LogP contribution in [0.15, 0.2) is 46.4 Å². The first-order valence-electron chi connectivity index (χ1n) is 10.1. The predicted octanol–water partition coefficient (Wildman–Crippen LogP) is 3.46. The number of aryl methyl sites for hydroxylation is 1. The molecular formula is C22H29N3O4. The van der Waals surface area contributed by atoms with Crippen LogP contribution in [0, 0.1) is 6.92 Å². The number of rotatable bonds is 10. The smallest absolute Gasteiger partial charge is 0.234 e. The molecule has 1 aliphatic carbocycles. The quantitative estimate of drug-likeness (QED) is 0.591. The van der Waals surface area contributed by atoms with Crippen molar-refractivity contribution in [2.75, 3.05) is 26.4 Å². The molecule has 0 spiro atoms. The fourth-order valence-electron chi connectivity index (χ4n) is 3.32. The predicted molar refractivity (Wildman–Crippen MR) is 110 cm³/mol. The van der Waals surface area contributed by atoms with Crippen molar-refractivity contribution in [3.8, 4) is 11.4 Å². The van der Waals surface area contributed by atoms with Crippen molar-refractivity contribution in [1.82, 2.24) is 15.5 Å². The van der Waals surface area contributed by atoms with Gasteiger partial charge in [-0.15, -0.1) is 0 Å². The maximum absolute atomic E-state index is 8.88. The van der Waals surface area contributed by atoms with E-state index in [9.17, 15) is 0 Å². The summed E-state index contributed by atoms with van der Waals surface area (Å²) in [6.07, 6.45) is 4.58. The Bertz CT molecular complexity index is 873. The van der Waals surface area contributed by atoms with Gasteiger partial charge in [-0.1, -0.05) is 29.4 Å². The molecule has 1 aromatic carbocycles.